The maximum absolute atomic E-state index is 11.8. The Labute approximate surface area is 133 Å². The van der Waals surface area contributed by atoms with Gasteiger partial charge in [-0.1, -0.05) is 12.8 Å². The zero-order chi connectivity index (χ0) is 15.8. The van der Waals surface area contributed by atoms with Gasteiger partial charge in [-0.3, -0.25) is 4.98 Å². The molecule has 2 rings (SSSR count). The minimum Gasteiger partial charge on any atom is -0.447 e. The van der Waals surface area contributed by atoms with Gasteiger partial charge in [-0.2, -0.15) is 0 Å². The molecule has 2 heterocycles. The lowest BCUT2D eigenvalue weighted by molar-refractivity contribution is 0.0646. The molecule has 1 saturated heterocycles. The molecule has 0 radical (unpaired) electrons. The molecule has 1 aliphatic heterocycles. The number of carbonyl (C=O) groups is 1. The van der Waals surface area contributed by atoms with Gasteiger partial charge in [0.1, 0.15) is 0 Å². The molecule has 22 heavy (non-hydrogen) atoms. The molecule has 1 aliphatic rings. The van der Waals surface area contributed by atoms with E-state index in [9.17, 15) is 4.79 Å². The van der Waals surface area contributed by atoms with Crippen LogP contribution in [0.1, 0.15) is 51.5 Å². The molecule has 0 bridgehead atoms. The molecule has 1 aromatic heterocycles. The first-order chi connectivity index (χ1) is 10.6. The SMILES string of the molecule is CC(C)OC(=O)N1CCC(CCCCc2ccncc2)CC1. The van der Waals surface area contributed by atoms with Gasteiger partial charge in [-0.25, -0.2) is 4.79 Å². The minimum absolute atomic E-state index is 0.0292. The molecule has 1 fully saturated rings. The van der Waals surface area contributed by atoms with Crippen molar-refractivity contribution in [2.75, 3.05) is 13.1 Å². The number of rotatable bonds is 6. The summed E-state index contributed by atoms with van der Waals surface area (Å²) < 4.78 is 5.25. The van der Waals surface area contributed by atoms with Crippen molar-refractivity contribution < 1.29 is 9.53 Å². The van der Waals surface area contributed by atoms with Crippen LogP contribution in [0.4, 0.5) is 4.79 Å². The highest BCUT2D eigenvalue weighted by Gasteiger charge is 2.23. The van der Waals surface area contributed by atoms with Crippen LogP contribution in [-0.4, -0.2) is 35.2 Å². The lowest BCUT2D eigenvalue weighted by Gasteiger charge is -2.31. The summed E-state index contributed by atoms with van der Waals surface area (Å²) in [5.74, 6) is 0.764. The second-order valence-electron chi connectivity index (χ2n) is 6.46. The number of unbranched alkanes of at least 4 members (excludes halogenated alkanes) is 1. The predicted octanol–water partition coefficient (Wildman–Crippen LogP) is 4.05. The first-order valence-electron chi connectivity index (χ1n) is 8.49. The van der Waals surface area contributed by atoms with E-state index in [0.717, 1.165) is 38.3 Å². The molecule has 0 atom stereocenters. The zero-order valence-electron chi connectivity index (χ0n) is 13.8. The lowest BCUT2D eigenvalue weighted by atomic mass is 9.91. The van der Waals surface area contributed by atoms with Crippen LogP contribution in [0.2, 0.25) is 0 Å². The first kappa shape index (κ1) is 16.8. The molecule has 0 spiro atoms. The average Bonchev–Trinajstić information content (AvgIpc) is 2.52. The Balaban J connectivity index is 1.58. The molecular weight excluding hydrogens is 276 g/mol. The van der Waals surface area contributed by atoms with E-state index in [1.54, 1.807) is 0 Å². The predicted molar refractivity (Wildman–Crippen MR) is 87.7 cm³/mol. The Morgan fingerprint density at radius 2 is 1.95 bits per heavy atom. The number of hydrogen-bond donors (Lipinski definition) is 0. The Bertz CT molecular complexity index is 440. The van der Waals surface area contributed by atoms with E-state index >= 15 is 0 Å². The Kier molecular flexibility index (Phi) is 6.69. The number of amides is 1. The summed E-state index contributed by atoms with van der Waals surface area (Å²) in [4.78, 5) is 17.7. The number of aromatic nitrogens is 1. The molecular formula is C18H28N2O2. The third-order valence-electron chi connectivity index (χ3n) is 4.29. The fraction of sp³-hybridized carbons (Fsp3) is 0.667. The quantitative estimate of drug-likeness (QED) is 0.745. The third-order valence-corrected chi connectivity index (χ3v) is 4.29. The van der Waals surface area contributed by atoms with E-state index in [1.807, 2.05) is 31.1 Å². The molecule has 1 amide bonds. The molecule has 0 N–H and O–H groups in total. The van der Waals surface area contributed by atoms with Crippen LogP contribution in [0.25, 0.3) is 0 Å². The van der Waals surface area contributed by atoms with E-state index in [4.69, 9.17) is 4.74 Å². The van der Waals surface area contributed by atoms with Gasteiger partial charge in [0.2, 0.25) is 0 Å². The number of aryl methyl sites for hydroxylation is 1. The average molecular weight is 304 g/mol. The summed E-state index contributed by atoms with van der Waals surface area (Å²) in [6.45, 7) is 5.49. The molecule has 0 aliphatic carbocycles. The highest BCUT2D eigenvalue weighted by Crippen LogP contribution is 2.23. The van der Waals surface area contributed by atoms with E-state index in [2.05, 4.69) is 17.1 Å². The number of pyridine rings is 1. The molecule has 0 aromatic carbocycles. The standard InChI is InChI=1S/C18H28N2O2/c1-15(2)22-18(21)20-13-9-17(10-14-20)6-4-3-5-16-7-11-19-12-8-16/h7-8,11-12,15,17H,3-6,9-10,13-14H2,1-2H3. The van der Waals surface area contributed by atoms with Crippen LogP contribution < -0.4 is 0 Å². The van der Waals surface area contributed by atoms with Crippen molar-refractivity contribution in [3.05, 3.63) is 30.1 Å². The van der Waals surface area contributed by atoms with Crippen LogP contribution in [0, 0.1) is 5.92 Å². The molecule has 4 heteroatoms. The summed E-state index contributed by atoms with van der Waals surface area (Å²) in [6, 6.07) is 4.19. The van der Waals surface area contributed by atoms with Gasteiger partial charge in [0.05, 0.1) is 6.10 Å². The Hall–Kier alpha value is -1.58. The van der Waals surface area contributed by atoms with E-state index in [0.29, 0.717) is 0 Å². The second-order valence-corrected chi connectivity index (χ2v) is 6.46. The van der Waals surface area contributed by atoms with Crippen LogP contribution >= 0.6 is 0 Å². The summed E-state index contributed by atoms with van der Waals surface area (Å²) >= 11 is 0. The van der Waals surface area contributed by atoms with Crippen molar-refractivity contribution in [1.29, 1.82) is 0 Å². The normalized spacial score (nSPS) is 16.0. The highest BCUT2D eigenvalue weighted by molar-refractivity contribution is 5.67. The van der Waals surface area contributed by atoms with E-state index < -0.39 is 0 Å². The van der Waals surface area contributed by atoms with Crippen molar-refractivity contribution in [3.63, 3.8) is 0 Å². The van der Waals surface area contributed by atoms with Crippen molar-refractivity contribution in [2.24, 2.45) is 5.92 Å². The van der Waals surface area contributed by atoms with Gasteiger partial charge in [-0.05, 0) is 63.1 Å². The summed E-state index contributed by atoms with van der Waals surface area (Å²) in [6.07, 6.45) is 10.7. The minimum atomic E-state index is -0.147. The fourth-order valence-corrected chi connectivity index (χ4v) is 2.99. The van der Waals surface area contributed by atoms with Crippen LogP contribution in [0.3, 0.4) is 0 Å². The maximum atomic E-state index is 11.8. The van der Waals surface area contributed by atoms with Gasteiger partial charge in [0.15, 0.2) is 0 Å². The lowest BCUT2D eigenvalue weighted by Crippen LogP contribution is -2.39. The van der Waals surface area contributed by atoms with E-state index in [-0.39, 0.29) is 12.2 Å². The Morgan fingerprint density at radius 1 is 1.27 bits per heavy atom. The van der Waals surface area contributed by atoms with Gasteiger partial charge < -0.3 is 9.64 Å². The molecule has 122 valence electrons. The topological polar surface area (TPSA) is 42.4 Å². The summed E-state index contributed by atoms with van der Waals surface area (Å²) in [7, 11) is 0. The van der Waals surface area contributed by atoms with Crippen molar-refractivity contribution in [3.8, 4) is 0 Å². The molecule has 4 nitrogen and oxygen atoms in total. The van der Waals surface area contributed by atoms with Crippen LogP contribution in [0.15, 0.2) is 24.5 Å². The van der Waals surface area contributed by atoms with Crippen molar-refractivity contribution in [2.45, 2.75) is 58.5 Å². The molecule has 1 aromatic rings. The van der Waals surface area contributed by atoms with Gasteiger partial charge in [0, 0.05) is 25.5 Å². The van der Waals surface area contributed by atoms with Crippen molar-refractivity contribution >= 4 is 6.09 Å². The van der Waals surface area contributed by atoms with Crippen LogP contribution in [0.5, 0.6) is 0 Å². The summed E-state index contributed by atoms with van der Waals surface area (Å²) in [5.41, 5.74) is 1.38. The second kappa shape index (κ2) is 8.76. The van der Waals surface area contributed by atoms with E-state index in [1.165, 1.54) is 24.8 Å². The number of carbonyl (C=O) groups excluding carboxylic acids is 1. The van der Waals surface area contributed by atoms with Gasteiger partial charge in [0.25, 0.3) is 0 Å². The third kappa shape index (κ3) is 5.66. The number of likely N-dealkylation sites (tertiary alicyclic amines) is 1. The number of piperidine rings is 1. The summed E-state index contributed by atoms with van der Waals surface area (Å²) in [5, 5.41) is 0. The largest absolute Gasteiger partial charge is 0.447 e. The molecule has 0 unspecified atom stereocenters. The smallest absolute Gasteiger partial charge is 0.410 e. The monoisotopic (exact) mass is 304 g/mol. The zero-order valence-corrected chi connectivity index (χ0v) is 13.8. The first-order valence-corrected chi connectivity index (χ1v) is 8.49. The van der Waals surface area contributed by atoms with Crippen molar-refractivity contribution in [1.82, 2.24) is 9.88 Å². The Morgan fingerprint density at radius 3 is 2.59 bits per heavy atom. The highest BCUT2D eigenvalue weighted by atomic mass is 16.6. The van der Waals surface area contributed by atoms with Crippen LogP contribution in [-0.2, 0) is 11.2 Å². The van der Waals surface area contributed by atoms with Gasteiger partial charge >= 0.3 is 6.09 Å². The van der Waals surface area contributed by atoms with Gasteiger partial charge in [-0.15, -0.1) is 0 Å². The number of hydrogen-bond acceptors (Lipinski definition) is 3. The fourth-order valence-electron chi connectivity index (χ4n) is 2.99. The number of ether oxygens (including phenoxy) is 1. The maximum Gasteiger partial charge on any atom is 0.410 e. The molecule has 0 saturated carbocycles. The number of nitrogens with zero attached hydrogens (tertiary/aromatic N) is 2.